The molecule has 4 heteroatoms. The zero-order valence-corrected chi connectivity index (χ0v) is 12.4. The van der Waals surface area contributed by atoms with Crippen molar-refractivity contribution in [2.24, 2.45) is 7.05 Å². The lowest BCUT2D eigenvalue weighted by atomic mass is 10.1. The SMILES string of the molecule is CCc1nn(C)c(CN[C@H](C)c2ccccc2)c1Cl. The van der Waals surface area contributed by atoms with E-state index >= 15 is 0 Å². The number of aryl methyl sites for hydroxylation is 2. The van der Waals surface area contributed by atoms with Crippen LogP contribution in [0.2, 0.25) is 5.02 Å². The van der Waals surface area contributed by atoms with Crippen LogP contribution in [0.25, 0.3) is 0 Å². The third-order valence-electron chi connectivity index (χ3n) is 3.38. The van der Waals surface area contributed by atoms with Gasteiger partial charge in [0.2, 0.25) is 0 Å². The van der Waals surface area contributed by atoms with Crippen LogP contribution in [0.4, 0.5) is 0 Å². The zero-order valence-electron chi connectivity index (χ0n) is 11.7. The molecule has 0 saturated heterocycles. The molecule has 0 unspecified atom stereocenters. The minimum absolute atomic E-state index is 0.289. The summed E-state index contributed by atoms with van der Waals surface area (Å²) in [5, 5.41) is 8.70. The van der Waals surface area contributed by atoms with Gasteiger partial charge in [0.05, 0.1) is 16.4 Å². The third kappa shape index (κ3) is 3.17. The Balaban J connectivity index is 2.05. The first-order chi connectivity index (χ1) is 9.13. The lowest BCUT2D eigenvalue weighted by Crippen LogP contribution is -2.19. The zero-order chi connectivity index (χ0) is 13.8. The average molecular weight is 278 g/mol. The van der Waals surface area contributed by atoms with Crippen LogP contribution in [0.15, 0.2) is 30.3 Å². The summed E-state index contributed by atoms with van der Waals surface area (Å²) in [5.41, 5.74) is 3.28. The second-order valence-electron chi connectivity index (χ2n) is 4.70. The molecule has 0 amide bonds. The summed E-state index contributed by atoms with van der Waals surface area (Å²) in [6, 6.07) is 10.7. The molecule has 19 heavy (non-hydrogen) atoms. The Morgan fingerprint density at radius 3 is 2.58 bits per heavy atom. The molecule has 2 rings (SSSR count). The number of benzene rings is 1. The van der Waals surface area contributed by atoms with E-state index in [0.717, 1.165) is 29.4 Å². The first kappa shape index (κ1) is 14.1. The molecule has 1 aromatic carbocycles. The number of nitrogens with one attached hydrogen (secondary N) is 1. The Morgan fingerprint density at radius 1 is 1.32 bits per heavy atom. The fraction of sp³-hybridized carbons (Fsp3) is 0.400. The van der Waals surface area contributed by atoms with E-state index in [1.165, 1.54) is 5.56 Å². The molecule has 0 saturated carbocycles. The van der Waals surface area contributed by atoms with Gasteiger partial charge in [-0.1, -0.05) is 48.9 Å². The molecule has 0 aliphatic heterocycles. The first-order valence-electron chi connectivity index (χ1n) is 6.62. The Kier molecular flexibility index (Phi) is 4.61. The standard InChI is InChI=1S/C15H20ClN3/c1-4-13-15(16)14(19(3)18-13)10-17-11(2)12-8-6-5-7-9-12/h5-9,11,17H,4,10H2,1-3H3/t11-/m1/s1. The van der Waals surface area contributed by atoms with Crippen molar-refractivity contribution in [3.05, 3.63) is 52.3 Å². The van der Waals surface area contributed by atoms with E-state index in [2.05, 4.69) is 48.5 Å². The van der Waals surface area contributed by atoms with E-state index < -0.39 is 0 Å². The maximum Gasteiger partial charge on any atom is 0.0863 e. The van der Waals surface area contributed by atoms with Crippen LogP contribution < -0.4 is 5.32 Å². The number of aromatic nitrogens is 2. The normalized spacial score (nSPS) is 12.6. The maximum absolute atomic E-state index is 6.34. The van der Waals surface area contributed by atoms with Crippen molar-refractivity contribution in [2.75, 3.05) is 0 Å². The monoisotopic (exact) mass is 277 g/mol. The van der Waals surface area contributed by atoms with E-state index in [-0.39, 0.29) is 6.04 Å². The van der Waals surface area contributed by atoms with Gasteiger partial charge in [-0.2, -0.15) is 5.10 Å². The summed E-state index contributed by atoms with van der Waals surface area (Å²) in [6.07, 6.45) is 0.862. The molecule has 0 fully saturated rings. The van der Waals surface area contributed by atoms with E-state index in [1.807, 2.05) is 17.8 Å². The van der Waals surface area contributed by atoms with Gasteiger partial charge in [0, 0.05) is 19.6 Å². The van der Waals surface area contributed by atoms with Crippen LogP contribution in [0, 0.1) is 0 Å². The molecule has 0 aliphatic rings. The van der Waals surface area contributed by atoms with Crippen molar-refractivity contribution in [1.82, 2.24) is 15.1 Å². The molecule has 2 aromatic rings. The van der Waals surface area contributed by atoms with E-state index in [0.29, 0.717) is 0 Å². The van der Waals surface area contributed by atoms with Crippen LogP contribution in [0.3, 0.4) is 0 Å². The van der Waals surface area contributed by atoms with Crippen molar-refractivity contribution >= 4 is 11.6 Å². The van der Waals surface area contributed by atoms with Gasteiger partial charge in [0.15, 0.2) is 0 Å². The van der Waals surface area contributed by atoms with E-state index in [9.17, 15) is 0 Å². The lowest BCUT2D eigenvalue weighted by Gasteiger charge is -2.14. The summed E-state index contributed by atoms with van der Waals surface area (Å²) in [6.45, 7) is 4.94. The predicted octanol–water partition coefficient (Wildman–Crippen LogP) is 3.49. The van der Waals surface area contributed by atoms with Crippen LogP contribution >= 0.6 is 11.6 Å². The molecule has 102 valence electrons. The third-order valence-corrected chi connectivity index (χ3v) is 3.81. The molecule has 1 atom stereocenters. The highest BCUT2D eigenvalue weighted by Crippen LogP contribution is 2.21. The first-order valence-corrected chi connectivity index (χ1v) is 6.99. The molecule has 0 bridgehead atoms. The minimum atomic E-state index is 0.289. The summed E-state index contributed by atoms with van der Waals surface area (Å²) < 4.78 is 1.87. The minimum Gasteiger partial charge on any atom is -0.305 e. The Morgan fingerprint density at radius 2 is 2.00 bits per heavy atom. The molecule has 3 nitrogen and oxygen atoms in total. The molecule has 0 aliphatic carbocycles. The molecule has 1 N–H and O–H groups in total. The van der Waals surface area contributed by atoms with Crippen molar-refractivity contribution < 1.29 is 0 Å². The molecular formula is C15H20ClN3. The highest BCUT2D eigenvalue weighted by molar-refractivity contribution is 6.31. The largest absolute Gasteiger partial charge is 0.305 e. The van der Waals surface area contributed by atoms with E-state index in [4.69, 9.17) is 11.6 Å². The highest BCUT2D eigenvalue weighted by Gasteiger charge is 2.13. The fourth-order valence-electron chi connectivity index (χ4n) is 2.12. The molecule has 1 aromatic heterocycles. The van der Waals surface area contributed by atoms with Crippen LogP contribution in [-0.2, 0) is 20.0 Å². The van der Waals surface area contributed by atoms with Gasteiger partial charge in [0.1, 0.15) is 0 Å². The van der Waals surface area contributed by atoms with Crippen molar-refractivity contribution in [1.29, 1.82) is 0 Å². The molecule has 0 radical (unpaired) electrons. The van der Waals surface area contributed by atoms with Gasteiger partial charge < -0.3 is 5.32 Å². The van der Waals surface area contributed by atoms with Gasteiger partial charge in [-0.3, -0.25) is 4.68 Å². The van der Waals surface area contributed by atoms with Crippen LogP contribution in [-0.4, -0.2) is 9.78 Å². The number of rotatable bonds is 5. The fourth-order valence-corrected chi connectivity index (χ4v) is 2.48. The summed E-state index contributed by atoms with van der Waals surface area (Å²) >= 11 is 6.34. The number of hydrogen-bond acceptors (Lipinski definition) is 2. The van der Waals surface area contributed by atoms with Crippen LogP contribution in [0.5, 0.6) is 0 Å². The number of nitrogens with zero attached hydrogens (tertiary/aromatic N) is 2. The smallest absolute Gasteiger partial charge is 0.0863 e. The summed E-state index contributed by atoms with van der Waals surface area (Å²) in [7, 11) is 1.94. The predicted molar refractivity (Wildman–Crippen MR) is 79.3 cm³/mol. The van der Waals surface area contributed by atoms with Crippen molar-refractivity contribution in [2.45, 2.75) is 32.9 Å². The quantitative estimate of drug-likeness (QED) is 0.907. The Bertz CT molecular complexity index is 534. The summed E-state index contributed by atoms with van der Waals surface area (Å²) in [5.74, 6) is 0. The Hall–Kier alpha value is -1.32. The molecular weight excluding hydrogens is 258 g/mol. The van der Waals surface area contributed by atoms with Gasteiger partial charge in [-0.15, -0.1) is 0 Å². The second kappa shape index (κ2) is 6.22. The van der Waals surface area contributed by atoms with E-state index in [1.54, 1.807) is 0 Å². The molecule has 0 spiro atoms. The number of hydrogen-bond donors (Lipinski definition) is 1. The average Bonchev–Trinajstić information content (AvgIpc) is 2.72. The van der Waals surface area contributed by atoms with Gasteiger partial charge in [-0.05, 0) is 18.9 Å². The highest BCUT2D eigenvalue weighted by atomic mass is 35.5. The lowest BCUT2D eigenvalue weighted by molar-refractivity contribution is 0.548. The van der Waals surface area contributed by atoms with Crippen molar-refractivity contribution in [3.8, 4) is 0 Å². The van der Waals surface area contributed by atoms with Gasteiger partial charge in [0.25, 0.3) is 0 Å². The Labute approximate surface area is 119 Å². The summed E-state index contributed by atoms with van der Waals surface area (Å²) in [4.78, 5) is 0. The number of halogens is 1. The second-order valence-corrected chi connectivity index (χ2v) is 5.08. The van der Waals surface area contributed by atoms with Gasteiger partial charge >= 0.3 is 0 Å². The topological polar surface area (TPSA) is 29.9 Å². The van der Waals surface area contributed by atoms with Gasteiger partial charge in [-0.25, -0.2) is 0 Å². The van der Waals surface area contributed by atoms with Crippen LogP contribution in [0.1, 0.15) is 36.8 Å². The maximum atomic E-state index is 6.34. The molecule has 1 heterocycles. The van der Waals surface area contributed by atoms with Crippen molar-refractivity contribution in [3.63, 3.8) is 0 Å².